The van der Waals surface area contributed by atoms with E-state index in [0.717, 1.165) is 14.7 Å². The van der Waals surface area contributed by atoms with E-state index in [-0.39, 0.29) is 5.91 Å². The highest BCUT2D eigenvalue weighted by atomic mass is 79.9. The first-order valence-corrected chi connectivity index (χ1v) is 7.50. The Hall–Kier alpha value is -1.73. The molecule has 0 saturated carbocycles. The number of aromatic nitrogens is 3. The maximum atomic E-state index is 12.2. The third kappa shape index (κ3) is 2.12. The van der Waals surface area contributed by atoms with Gasteiger partial charge in [0, 0.05) is 24.8 Å². The zero-order chi connectivity index (χ0) is 14.3. The van der Waals surface area contributed by atoms with Gasteiger partial charge in [0.15, 0.2) is 4.80 Å². The fourth-order valence-corrected chi connectivity index (χ4v) is 3.80. The molecule has 0 radical (unpaired) electrons. The van der Waals surface area contributed by atoms with Crippen LogP contribution in [0.2, 0.25) is 0 Å². The molecule has 0 spiro atoms. The highest BCUT2D eigenvalue weighted by Gasteiger charge is 2.11. The predicted molar refractivity (Wildman–Crippen MR) is 81.6 cm³/mol. The summed E-state index contributed by atoms with van der Waals surface area (Å²) in [6, 6.07) is 7.62. The molecule has 0 N–H and O–H groups in total. The van der Waals surface area contributed by atoms with Crippen molar-refractivity contribution in [1.29, 1.82) is 0 Å². The number of carbonyl (C=O) groups is 1. The van der Waals surface area contributed by atoms with Crippen LogP contribution in [0.4, 0.5) is 0 Å². The number of carbonyl (C=O) groups excluding carboxylic acids is 1. The van der Waals surface area contributed by atoms with Crippen molar-refractivity contribution in [2.45, 2.75) is 0 Å². The van der Waals surface area contributed by atoms with Gasteiger partial charge in [-0.1, -0.05) is 17.4 Å². The molecule has 1 amide bonds. The Bertz CT molecular complexity index is 874. The molecule has 20 heavy (non-hydrogen) atoms. The fourth-order valence-electron chi connectivity index (χ4n) is 1.99. The van der Waals surface area contributed by atoms with Crippen molar-refractivity contribution in [3.63, 3.8) is 0 Å². The standard InChI is InChI=1S/C13H11BrN4OS/c1-17-11-8(14)4-3-5-10(11)20-13(17)16-12(19)9-6-7-15-18(9)2/h3-7H,1-2H3. The number of thiazole rings is 1. The summed E-state index contributed by atoms with van der Waals surface area (Å²) in [7, 11) is 3.63. The Morgan fingerprint density at radius 2 is 2.15 bits per heavy atom. The molecule has 0 unspecified atom stereocenters. The number of hydrogen-bond donors (Lipinski definition) is 0. The van der Waals surface area contributed by atoms with Crippen LogP contribution in [0, 0.1) is 0 Å². The molecule has 3 aromatic rings. The molecule has 3 rings (SSSR count). The number of para-hydroxylation sites is 1. The van der Waals surface area contributed by atoms with Crippen molar-refractivity contribution < 1.29 is 4.79 Å². The first-order valence-electron chi connectivity index (χ1n) is 5.89. The molecular formula is C13H11BrN4OS. The molecule has 102 valence electrons. The summed E-state index contributed by atoms with van der Waals surface area (Å²) in [6.45, 7) is 0. The maximum Gasteiger partial charge on any atom is 0.297 e. The molecule has 0 fully saturated rings. The van der Waals surface area contributed by atoms with Crippen molar-refractivity contribution in [1.82, 2.24) is 14.3 Å². The van der Waals surface area contributed by atoms with E-state index in [2.05, 4.69) is 26.0 Å². The molecule has 2 aromatic heterocycles. The van der Waals surface area contributed by atoms with Crippen molar-refractivity contribution >= 4 is 43.4 Å². The van der Waals surface area contributed by atoms with Crippen molar-refractivity contribution in [2.75, 3.05) is 0 Å². The summed E-state index contributed by atoms with van der Waals surface area (Å²) in [5.41, 5.74) is 1.51. The van der Waals surface area contributed by atoms with E-state index in [1.54, 1.807) is 19.3 Å². The summed E-state index contributed by atoms with van der Waals surface area (Å²) >= 11 is 5.01. The second-order valence-corrected chi connectivity index (χ2v) is 6.15. The summed E-state index contributed by atoms with van der Waals surface area (Å²) in [5.74, 6) is -0.289. The number of amides is 1. The average Bonchev–Trinajstić information content (AvgIpc) is 2.95. The summed E-state index contributed by atoms with van der Waals surface area (Å²) in [6.07, 6.45) is 1.59. The Balaban J connectivity index is 2.18. The first-order chi connectivity index (χ1) is 9.58. The molecule has 1 aromatic carbocycles. The summed E-state index contributed by atoms with van der Waals surface area (Å²) in [4.78, 5) is 17.0. The molecule has 2 heterocycles. The van der Waals surface area contributed by atoms with E-state index in [1.807, 2.05) is 29.8 Å². The van der Waals surface area contributed by atoms with Crippen LogP contribution in [-0.4, -0.2) is 20.3 Å². The Labute approximate surface area is 127 Å². The number of nitrogens with zero attached hydrogens (tertiary/aromatic N) is 4. The summed E-state index contributed by atoms with van der Waals surface area (Å²) < 4.78 is 5.51. The minimum absolute atomic E-state index is 0.289. The van der Waals surface area contributed by atoms with Crippen molar-refractivity contribution in [2.24, 2.45) is 19.1 Å². The smallest absolute Gasteiger partial charge is 0.297 e. The number of aryl methyl sites for hydroxylation is 2. The van der Waals surface area contributed by atoms with Crippen molar-refractivity contribution in [3.8, 4) is 0 Å². The number of benzene rings is 1. The Morgan fingerprint density at radius 3 is 2.80 bits per heavy atom. The van der Waals surface area contributed by atoms with Crippen LogP contribution in [0.25, 0.3) is 10.2 Å². The van der Waals surface area contributed by atoms with Crippen LogP contribution in [0.15, 0.2) is 39.9 Å². The van der Waals surface area contributed by atoms with E-state index in [1.165, 1.54) is 16.0 Å². The van der Waals surface area contributed by atoms with Gasteiger partial charge in [0.25, 0.3) is 5.91 Å². The van der Waals surface area contributed by atoms with Gasteiger partial charge >= 0.3 is 0 Å². The second kappa shape index (κ2) is 4.99. The van der Waals surface area contributed by atoms with Gasteiger partial charge in [0.05, 0.1) is 10.2 Å². The zero-order valence-electron chi connectivity index (χ0n) is 10.9. The quantitative estimate of drug-likeness (QED) is 0.676. The normalized spacial score (nSPS) is 12.2. The van der Waals surface area contributed by atoms with Crippen LogP contribution in [0.1, 0.15) is 10.5 Å². The third-order valence-electron chi connectivity index (χ3n) is 3.01. The van der Waals surface area contributed by atoms with Crippen LogP contribution in [0.3, 0.4) is 0 Å². The Morgan fingerprint density at radius 1 is 1.35 bits per heavy atom. The van der Waals surface area contributed by atoms with Crippen LogP contribution >= 0.6 is 27.3 Å². The lowest BCUT2D eigenvalue weighted by Gasteiger charge is -1.98. The lowest BCUT2D eigenvalue weighted by molar-refractivity contribution is 0.0989. The van der Waals surface area contributed by atoms with Gasteiger partial charge < -0.3 is 4.57 Å². The van der Waals surface area contributed by atoms with Gasteiger partial charge in [-0.3, -0.25) is 9.48 Å². The number of hydrogen-bond acceptors (Lipinski definition) is 3. The third-order valence-corrected chi connectivity index (χ3v) is 4.75. The number of halogens is 1. The molecule has 0 aliphatic heterocycles. The molecule has 0 aliphatic carbocycles. The van der Waals surface area contributed by atoms with Gasteiger partial charge in [-0.15, -0.1) is 0 Å². The number of fused-ring (bicyclic) bond motifs is 1. The summed E-state index contributed by atoms with van der Waals surface area (Å²) in [5, 5.41) is 3.98. The largest absolute Gasteiger partial charge is 0.318 e. The molecule has 0 atom stereocenters. The SMILES string of the molecule is Cn1nccc1C(=O)N=c1sc2cccc(Br)c2n1C. The van der Waals surface area contributed by atoms with Gasteiger partial charge in [-0.05, 0) is 34.1 Å². The van der Waals surface area contributed by atoms with E-state index < -0.39 is 0 Å². The number of rotatable bonds is 1. The minimum atomic E-state index is -0.289. The van der Waals surface area contributed by atoms with Gasteiger partial charge in [-0.2, -0.15) is 10.1 Å². The minimum Gasteiger partial charge on any atom is -0.318 e. The monoisotopic (exact) mass is 350 g/mol. The van der Waals surface area contributed by atoms with Gasteiger partial charge in [0.1, 0.15) is 5.69 Å². The molecule has 7 heteroatoms. The van der Waals surface area contributed by atoms with E-state index in [0.29, 0.717) is 10.5 Å². The predicted octanol–water partition coefficient (Wildman–Crippen LogP) is 2.48. The van der Waals surface area contributed by atoms with Crippen LogP contribution in [-0.2, 0) is 14.1 Å². The lowest BCUT2D eigenvalue weighted by Crippen LogP contribution is -2.15. The van der Waals surface area contributed by atoms with Gasteiger partial charge in [0.2, 0.25) is 0 Å². The highest BCUT2D eigenvalue weighted by molar-refractivity contribution is 9.10. The van der Waals surface area contributed by atoms with Gasteiger partial charge in [-0.25, -0.2) is 0 Å². The molecule has 0 bridgehead atoms. The van der Waals surface area contributed by atoms with Crippen LogP contribution in [0.5, 0.6) is 0 Å². The fraction of sp³-hybridized carbons (Fsp3) is 0.154. The lowest BCUT2D eigenvalue weighted by atomic mass is 10.3. The average molecular weight is 351 g/mol. The molecular weight excluding hydrogens is 340 g/mol. The van der Waals surface area contributed by atoms with Crippen LogP contribution < -0.4 is 4.80 Å². The van der Waals surface area contributed by atoms with E-state index >= 15 is 0 Å². The second-order valence-electron chi connectivity index (χ2n) is 4.29. The highest BCUT2D eigenvalue weighted by Crippen LogP contribution is 2.24. The molecule has 0 saturated heterocycles. The molecule has 0 aliphatic rings. The Kier molecular flexibility index (Phi) is 3.31. The van der Waals surface area contributed by atoms with Crippen molar-refractivity contribution in [3.05, 3.63) is 45.4 Å². The topological polar surface area (TPSA) is 52.2 Å². The zero-order valence-corrected chi connectivity index (χ0v) is 13.3. The first kappa shape index (κ1) is 13.3. The molecule has 5 nitrogen and oxygen atoms in total. The van der Waals surface area contributed by atoms with E-state index in [9.17, 15) is 4.79 Å². The van der Waals surface area contributed by atoms with E-state index in [4.69, 9.17) is 0 Å². The maximum absolute atomic E-state index is 12.2.